The average molecular weight is 276 g/mol. The number of methoxy groups -OCH3 is 1. The minimum atomic E-state index is -0.536. The third-order valence-corrected chi connectivity index (χ3v) is 3.95. The standard InChI is InChI=1S/C17H24O3/c1-12(2)7-6-10-17(3)16(18)11-13-14(19-4)8-5-9-15(13)20-17/h5,7-9,16,18H,6,10-11H2,1-4H3. The summed E-state index contributed by atoms with van der Waals surface area (Å²) in [7, 11) is 1.64. The molecule has 0 fully saturated rings. The van der Waals surface area contributed by atoms with E-state index in [9.17, 15) is 5.11 Å². The lowest BCUT2D eigenvalue weighted by molar-refractivity contribution is -0.0592. The van der Waals surface area contributed by atoms with Crippen LogP contribution in [0.25, 0.3) is 0 Å². The SMILES string of the molecule is COc1cccc2c1CC(O)C(C)(CCC=C(C)C)O2. The van der Waals surface area contributed by atoms with E-state index in [1.807, 2.05) is 25.1 Å². The zero-order valence-electron chi connectivity index (χ0n) is 12.8. The van der Waals surface area contributed by atoms with Gasteiger partial charge in [0.2, 0.25) is 0 Å². The second-order valence-electron chi connectivity index (χ2n) is 5.89. The number of ether oxygens (including phenoxy) is 2. The van der Waals surface area contributed by atoms with E-state index in [2.05, 4.69) is 19.9 Å². The monoisotopic (exact) mass is 276 g/mol. The molecule has 0 radical (unpaired) electrons. The highest BCUT2D eigenvalue weighted by Crippen LogP contribution is 2.40. The fourth-order valence-electron chi connectivity index (χ4n) is 2.63. The van der Waals surface area contributed by atoms with Crippen LogP contribution in [0, 0.1) is 0 Å². The lowest BCUT2D eigenvalue weighted by atomic mass is 9.85. The number of rotatable bonds is 4. The topological polar surface area (TPSA) is 38.7 Å². The van der Waals surface area contributed by atoms with Crippen LogP contribution in [0.5, 0.6) is 11.5 Å². The van der Waals surface area contributed by atoms with Crippen molar-refractivity contribution in [2.24, 2.45) is 0 Å². The average Bonchev–Trinajstić information content (AvgIpc) is 2.39. The molecule has 0 saturated heterocycles. The fourth-order valence-corrected chi connectivity index (χ4v) is 2.63. The first-order valence-electron chi connectivity index (χ1n) is 7.12. The predicted molar refractivity (Wildman–Crippen MR) is 80.4 cm³/mol. The second kappa shape index (κ2) is 5.88. The molecule has 2 atom stereocenters. The van der Waals surface area contributed by atoms with Gasteiger partial charge in [0.25, 0.3) is 0 Å². The molecule has 1 aromatic carbocycles. The normalized spacial score (nSPS) is 24.6. The first-order valence-corrected chi connectivity index (χ1v) is 7.12. The van der Waals surface area contributed by atoms with Crippen LogP contribution in [0.15, 0.2) is 29.8 Å². The molecule has 3 heteroatoms. The minimum absolute atomic E-state index is 0.517. The highest BCUT2D eigenvalue weighted by atomic mass is 16.5. The summed E-state index contributed by atoms with van der Waals surface area (Å²) in [6.07, 6.45) is 3.95. The van der Waals surface area contributed by atoms with Crippen molar-refractivity contribution >= 4 is 0 Å². The minimum Gasteiger partial charge on any atom is -0.496 e. The number of benzene rings is 1. The number of aliphatic hydroxyl groups is 1. The molecule has 1 N–H and O–H groups in total. The van der Waals surface area contributed by atoms with Crippen LogP contribution in [0.1, 0.15) is 39.2 Å². The van der Waals surface area contributed by atoms with Gasteiger partial charge in [-0.25, -0.2) is 0 Å². The van der Waals surface area contributed by atoms with Crippen LogP contribution in [-0.2, 0) is 6.42 Å². The second-order valence-corrected chi connectivity index (χ2v) is 5.89. The summed E-state index contributed by atoms with van der Waals surface area (Å²) in [5, 5.41) is 10.5. The zero-order valence-corrected chi connectivity index (χ0v) is 12.8. The van der Waals surface area contributed by atoms with E-state index < -0.39 is 11.7 Å². The number of hydrogen-bond donors (Lipinski definition) is 1. The highest BCUT2D eigenvalue weighted by molar-refractivity contribution is 5.47. The van der Waals surface area contributed by atoms with Gasteiger partial charge in [0, 0.05) is 12.0 Å². The molecule has 0 spiro atoms. The summed E-state index contributed by atoms with van der Waals surface area (Å²) in [4.78, 5) is 0. The van der Waals surface area contributed by atoms with Crippen LogP contribution < -0.4 is 9.47 Å². The summed E-state index contributed by atoms with van der Waals surface area (Å²) in [6.45, 7) is 6.15. The maximum absolute atomic E-state index is 10.5. The van der Waals surface area contributed by atoms with Crippen molar-refractivity contribution in [2.75, 3.05) is 7.11 Å². The van der Waals surface area contributed by atoms with E-state index in [-0.39, 0.29) is 0 Å². The van der Waals surface area contributed by atoms with E-state index in [0.29, 0.717) is 6.42 Å². The van der Waals surface area contributed by atoms with Crippen LogP contribution in [0.4, 0.5) is 0 Å². The van der Waals surface area contributed by atoms with Gasteiger partial charge in [-0.2, -0.15) is 0 Å². The summed E-state index contributed by atoms with van der Waals surface area (Å²) < 4.78 is 11.4. The van der Waals surface area contributed by atoms with Gasteiger partial charge >= 0.3 is 0 Å². The van der Waals surface area contributed by atoms with Crippen LogP contribution in [0.2, 0.25) is 0 Å². The van der Waals surface area contributed by atoms with Gasteiger partial charge in [0.1, 0.15) is 17.1 Å². The molecular formula is C17H24O3. The third-order valence-electron chi connectivity index (χ3n) is 3.95. The van der Waals surface area contributed by atoms with E-state index in [0.717, 1.165) is 29.9 Å². The molecule has 1 aromatic rings. The van der Waals surface area contributed by atoms with Crippen molar-refractivity contribution in [3.63, 3.8) is 0 Å². The highest BCUT2D eigenvalue weighted by Gasteiger charge is 2.40. The largest absolute Gasteiger partial charge is 0.496 e. The molecule has 1 heterocycles. The Morgan fingerprint density at radius 2 is 2.25 bits per heavy atom. The Balaban J connectivity index is 2.20. The van der Waals surface area contributed by atoms with Crippen LogP contribution in [0.3, 0.4) is 0 Å². The lowest BCUT2D eigenvalue weighted by Gasteiger charge is -2.40. The molecule has 1 aliphatic heterocycles. The smallest absolute Gasteiger partial charge is 0.133 e. The van der Waals surface area contributed by atoms with Crippen molar-refractivity contribution in [1.82, 2.24) is 0 Å². The quantitative estimate of drug-likeness (QED) is 0.855. The molecule has 1 aliphatic rings. The van der Waals surface area contributed by atoms with Gasteiger partial charge in [-0.05, 0) is 45.7 Å². The van der Waals surface area contributed by atoms with Gasteiger partial charge in [0.15, 0.2) is 0 Å². The Labute approximate surface area is 121 Å². The molecule has 0 aliphatic carbocycles. The van der Waals surface area contributed by atoms with E-state index >= 15 is 0 Å². The van der Waals surface area contributed by atoms with Gasteiger partial charge in [-0.1, -0.05) is 17.7 Å². The molecular weight excluding hydrogens is 252 g/mol. The molecule has 2 rings (SSSR count). The lowest BCUT2D eigenvalue weighted by Crippen LogP contribution is -2.48. The zero-order chi connectivity index (χ0) is 14.8. The van der Waals surface area contributed by atoms with E-state index in [4.69, 9.17) is 9.47 Å². The Morgan fingerprint density at radius 3 is 2.90 bits per heavy atom. The summed E-state index contributed by atoms with van der Waals surface area (Å²) >= 11 is 0. The van der Waals surface area contributed by atoms with Crippen LogP contribution in [-0.4, -0.2) is 23.9 Å². The Kier molecular flexibility index (Phi) is 4.39. The van der Waals surface area contributed by atoms with Crippen molar-refractivity contribution in [3.8, 4) is 11.5 Å². The number of hydrogen-bond acceptors (Lipinski definition) is 3. The number of allylic oxidation sites excluding steroid dienone is 2. The Morgan fingerprint density at radius 1 is 1.50 bits per heavy atom. The number of fused-ring (bicyclic) bond motifs is 1. The van der Waals surface area contributed by atoms with Gasteiger partial charge in [-0.15, -0.1) is 0 Å². The van der Waals surface area contributed by atoms with Gasteiger partial charge < -0.3 is 14.6 Å². The first-order chi connectivity index (χ1) is 9.46. The third kappa shape index (κ3) is 2.98. The number of aliphatic hydroxyl groups excluding tert-OH is 1. The predicted octanol–water partition coefficient (Wildman–Crippen LogP) is 3.50. The molecule has 0 aromatic heterocycles. The summed E-state index contributed by atoms with van der Waals surface area (Å²) in [6, 6.07) is 5.77. The molecule has 20 heavy (non-hydrogen) atoms. The van der Waals surface area contributed by atoms with Crippen LogP contribution >= 0.6 is 0 Å². The summed E-state index contributed by atoms with van der Waals surface area (Å²) in [5.74, 6) is 1.61. The Hall–Kier alpha value is -1.48. The molecule has 3 nitrogen and oxygen atoms in total. The van der Waals surface area contributed by atoms with E-state index in [1.54, 1.807) is 7.11 Å². The van der Waals surface area contributed by atoms with Crippen molar-refractivity contribution in [3.05, 3.63) is 35.4 Å². The molecule has 110 valence electrons. The first kappa shape index (κ1) is 14.9. The maximum Gasteiger partial charge on any atom is 0.133 e. The summed E-state index contributed by atoms with van der Waals surface area (Å²) in [5.41, 5.74) is 1.72. The molecule has 2 unspecified atom stereocenters. The van der Waals surface area contributed by atoms with Crippen molar-refractivity contribution in [1.29, 1.82) is 0 Å². The Bertz CT molecular complexity index is 503. The van der Waals surface area contributed by atoms with Crippen molar-refractivity contribution in [2.45, 2.75) is 51.7 Å². The molecule has 0 bridgehead atoms. The molecule has 0 saturated carbocycles. The van der Waals surface area contributed by atoms with Gasteiger partial charge in [0.05, 0.1) is 13.2 Å². The van der Waals surface area contributed by atoms with Gasteiger partial charge in [-0.3, -0.25) is 0 Å². The molecule has 0 amide bonds. The fraction of sp³-hybridized carbons (Fsp3) is 0.529. The maximum atomic E-state index is 10.5. The van der Waals surface area contributed by atoms with E-state index in [1.165, 1.54) is 5.57 Å². The van der Waals surface area contributed by atoms with Crippen molar-refractivity contribution < 1.29 is 14.6 Å².